The molecule has 3 nitrogen and oxygen atoms in total. The lowest BCUT2D eigenvalue weighted by Gasteiger charge is -2.59. The first-order valence-corrected chi connectivity index (χ1v) is 7.02. The van der Waals surface area contributed by atoms with Crippen LogP contribution in [0.25, 0.3) is 0 Å². The van der Waals surface area contributed by atoms with E-state index in [2.05, 4.69) is 6.58 Å². The lowest BCUT2D eigenvalue weighted by molar-refractivity contribution is -0.220. The predicted octanol–water partition coefficient (Wildman–Crippen LogP) is 2.56. The van der Waals surface area contributed by atoms with Crippen LogP contribution in [0, 0.1) is 23.7 Å². The molecule has 0 atom stereocenters. The van der Waals surface area contributed by atoms with Crippen molar-refractivity contribution in [1.82, 2.24) is 0 Å². The van der Waals surface area contributed by atoms with Crippen molar-refractivity contribution in [3.05, 3.63) is 12.7 Å². The summed E-state index contributed by atoms with van der Waals surface area (Å²) in [4.78, 5) is 11.7. The normalized spacial score (nSPS) is 44.9. The Hall–Kier alpha value is -0.830. The largest absolute Gasteiger partial charge is 0.453 e. The Kier molecular flexibility index (Phi) is 2.97. The molecule has 0 amide bonds. The van der Waals surface area contributed by atoms with Crippen molar-refractivity contribution in [3.8, 4) is 0 Å². The average Bonchev–Trinajstić information content (AvgIpc) is 2.35. The minimum atomic E-state index is -0.368. The Morgan fingerprint density at radius 3 is 2.22 bits per heavy atom. The fraction of sp³-hybridized carbons (Fsp3) is 0.800. The van der Waals surface area contributed by atoms with Crippen molar-refractivity contribution in [2.75, 3.05) is 13.7 Å². The number of methoxy groups -OCH3 is 1. The van der Waals surface area contributed by atoms with E-state index in [0.29, 0.717) is 18.4 Å². The van der Waals surface area contributed by atoms with Crippen molar-refractivity contribution in [3.63, 3.8) is 0 Å². The van der Waals surface area contributed by atoms with Gasteiger partial charge in [-0.1, -0.05) is 6.58 Å². The fourth-order valence-electron chi connectivity index (χ4n) is 4.87. The van der Waals surface area contributed by atoms with E-state index in [1.54, 1.807) is 7.11 Å². The minimum Gasteiger partial charge on any atom is -0.453 e. The molecule has 4 bridgehead atoms. The Bertz CT molecular complexity index is 333. The van der Waals surface area contributed by atoms with Crippen LogP contribution in [0.15, 0.2) is 12.7 Å². The second-order valence-electron chi connectivity index (χ2n) is 6.32. The molecular formula is C15H22O3. The maximum Gasteiger partial charge on any atom is 0.330 e. The van der Waals surface area contributed by atoms with Gasteiger partial charge in [-0.2, -0.15) is 0 Å². The zero-order valence-electron chi connectivity index (χ0n) is 11.1. The highest BCUT2D eigenvalue weighted by molar-refractivity contribution is 5.81. The van der Waals surface area contributed by atoms with Gasteiger partial charge in [-0.15, -0.1) is 0 Å². The van der Waals surface area contributed by atoms with E-state index in [0.717, 1.165) is 11.8 Å². The van der Waals surface area contributed by atoms with Gasteiger partial charge in [0, 0.05) is 25.0 Å². The van der Waals surface area contributed by atoms with E-state index in [1.807, 2.05) is 0 Å². The summed E-state index contributed by atoms with van der Waals surface area (Å²) in [5.74, 6) is 2.43. The highest BCUT2D eigenvalue weighted by Crippen LogP contribution is 2.59. The van der Waals surface area contributed by atoms with Gasteiger partial charge in [-0.25, -0.2) is 4.79 Å². The molecule has 4 saturated carbocycles. The third-order valence-electron chi connectivity index (χ3n) is 5.35. The number of carbonyl (C=O) groups is 1. The van der Waals surface area contributed by atoms with Crippen molar-refractivity contribution in [2.24, 2.45) is 23.7 Å². The highest BCUT2D eigenvalue weighted by Gasteiger charge is 2.59. The molecule has 0 saturated heterocycles. The van der Waals surface area contributed by atoms with Gasteiger partial charge in [0.05, 0.1) is 6.61 Å². The standard InChI is InChI=1S/C15H22O3/c1-3-14(16)18-15(9-17-2)12-5-10-4-11(7-12)8-13(15)6-10/h3,10-13H,1,4-9H2,2H3. The second kappa shape index (κ2) is 4.37. The number of carbonyl (C=O) groups excluding carboxylic acids is 1. The molecule has 0 aliphatic heterocycles. The van der Waals surface area contributed by atoms with Gasteiger partial charge in [0.1, 0.15) is 5.60 Å². The van der Waals surface area contributed by atoms with Crippen LogP contribution in [0.4, 0.5) is 0 Å². The first kappa shape index (κ1) is 12.2. The Morgan fingerprint density at radius 1 is 1.22 bits per heavy atom. The van der Waals surface area contributed by atoms with Gasteiger partial charge in [-0.3, -0.25) is 0 Å². The summed E-state index contributed by atoms with van der Waals surface area (Å²) in [6, 6.07) is 0. The zero-order chi connectivity index (χ0) is 12.8. The van der Waals surface area contributed by atoms with Gasteiger partial charge in [0.2, 0.25) is 0 Å². The van der Waals surface area contributed by atoms with Crippen LogP contribution in [0.3, 0.4) is 0 Å². The number of hydrogen-bond donors (Lipinski definition) is 0. The van der Waals surface area contributed by atoms with Crippen LogP contribution in [0.1, 0.15) is 32.1 Å². The van der Waals surface area contributed by atoms with Crippen LogP contribution >= 0.6 is 0 Å². The van der Waals surface area contributed by atoms with Crippen molar-refractivity contribution >= 4 is 5.97 Å². The topological polar surface area (TPSA) is 35.5 Å². The number of hydrogen-bond acceptors (Lipinski definition) is 3. The molecule has 4 fully saturated rings. The first-order chi connectivity index (χ1) is 8.68. The third-order valence-corrected chi connectivity index (χ3v) is 5.35. The molecule has 0 unspecified atom stereocenters. The van der Waals surface area contributed by atoms with Crippen LogP contribution in [0.5, 0.6) is 0 Å². The second-order valence-corrected chi connectivity index (χ2v) is 6.32. The summed E-state index contributed by atoms with van der Waals surface area (Å²) in [5, 5.41) is 0. The third kappa shape index (κ3) is 1.71. The molecule has 0 spiro atoms. The van der Waals surface area contributed by atoms with Crippen LogP contribution in [0.2, 0.25) is 0 Å². The van der Waals surface area contributed by atoms with Crippen molar-refractivity contribution in [1.29, 1.82) is 0 Å². The van der Waals surface area contributed by atoms with Crippen molar-refractivity contribution in [2.45, 2.75) is 37.7 Å². The van der Waals surface area contributed by atoms with E-state index in [4.69, 9.17) is 9.47 Å². The predicted molar refractivity (Wildman–Crippen MR) is 67.9 cm³/mol. The number of ether oxygens (including phenoxy) is 2. The van der Waals surface area contributed by atoms with Gasteiger partial charge < -0.3 is 9.47 Å². The molecule has 0 aromatic carbocycles. The quantitative estimate of drug-likeness (QED) is 0.568. The molecule has 0 N–H and O–H groups in total. The molecule has 0 radical (unpaired) electrons. The maximum atomic E-state index is 11.7. The van der Waals surface area contributed by atoms with E-state index in [9.17, 15) is 4.79 Å². The summed E-state index contributed by atoms with van der Waals surface area (Å²) in [6.45, 7) is 4.06. The molecule has 18 heavy (non-hydrogen) atoms. The molecule has 4 rings (SSSR count). The summed E-state index contributed by atoms with van der Waals surface area (Å²) in [6.07, 6.45) is 7.51. The van der Waals surface area contributed by atoms with Gasteiger partial charge in [-0.05, 0) is 43.9 Å². The fourth-order valence-corrected chi connectivity index (χ4v) is 4.87. The summed E-state index contributed by atoms with van der Waals surface area (Å²) >= 11 is 0. The number of rotatable bonds is 4. The summed E-state index contributed by atoms with van der Waals surface area (Å²) in [7, 11) is 1.70. The molecular weight excluding hydrogens is 228 g/mol. The highest BCUT2D eigenvalue weighted by atomic mass is 16.6. The monoisotopic (exact) mass is 250 g/mol. The first-order valence-electron chi connectivity index (χ1n) is 7.02. The Balaban J connectivity index is 1.88. The molecule has 4 aliphatic carbocycles. The lowest BCUT2D eigenvalue weighted by Crippen LogP contribution is -2.61. The van der Waals surface area contributed by atoms with Gasteiger partial charge >= 0.3 is 5.97 Å². The van der Waals surface area contributed by atoms with Crippen molar-refractivity contribution < 1.29 is 14.3 Å². The summed E-state index contributed by atoms with van der Waals surface area (Å²) in [5.41, 5.74) is -0.368. The molecule has 3 heteroatoms. The Labute approximate surface area is 109 Å². The molecule has 0 aromatic heterocycles. The minimum absolute atomic E-state index is 0.292. The maximum absolute atomic E-state index is 11.7. The summed E-state index contributed by atoms with van der Waals surface area (Å²) < 4.78 is 11.2. The van der Waals surface area contributed by atoms with E-state index in [1.165, 1.54) is 38.2 Å². The van der Waals surface area contributed by atoms with Crippen LogP contribution in [-0.4, -0.2) is 25.3 Å². The average molecular weight is 250 g/mol. The van der Waals surface area contributed by atoms with Crippen LogP contribution < -0.4 is 0 Å². The smallest absolute Gasteiger partial charge is 0.330 e. The zero-order valence-corrected chi connectivity index (χ0v) is 11.1. The van der Waals surface area contributed by atoms with Gasteiger partial charge in [0.15, 0.2) is 0 Å². The lowest BCUT2D eigenvalue weighted by atomic mass is 9.50. The van der Waals surface area contributed by atoms with Gasteiger partial charge in [0.25, 0.3) is 0 Å². The SMILES string of the molecule is C=CC(=O)OC1(COC)C2CC3CC(C2)CC1C3. The van der Waals surface area contributed by atoms with Crippen LogP contribution in [-0.2, 0) is 14.3 Å². The molecule has 0 heterocycles. The van der Waals surface area contributed by atoms with E-state index >= 15 is 0 Å². The molecule has 4 aliphatic rings. The number of esters is 1. The molecule has 100 valence electrons. The molecule has 0 aromatic rings. The van der Waals surface area contributed by atoms with E-state index in [-0.39, 0.29) is 11.6 Å². The Morgan fingerprint density at radius 2 is 1.78 bits per heavy atom. The van der Waals surface area contributed by atoms with E-state index < -0.39 is 0 Å².